The summed E-state index contributed by atoms with van der Waals surface area (Å²) in [4.78, 5) is 46.2. The van der Waals surface area contributed by atoms with E-state index in [1.54, 1.807) is 0 Å². The van der Waals surface area contributed by atoms with E-state index in [-0.39, 0.29) is 12.8 Å². The smallest absolute Gasteiger partial charge is 0.472 e. The maximum Gasteiger partial charge on any atom is 0.472 e. The summed E-state index contributed by atoms with van der Waals surface area (Å²) < 4.78 is 27.0. The number of nitrogens with one attached hydrogen (secondary N) is 1. The Bertz CT molecular complexity index is 1300. The van der Waals surface area contributed by atoms with Crippen molar-refractivity contribution in [1.82, 2.24) is 5.32 Å². The van der Waals surface area contributed by atoms with Crippen molar-refractivity contribution in [2.24, 2.45) is 0 Å². The molecule has 3 unspecified atom stereocenters. The van der Waals surface area contributed by atoms with E-state index in [1.165, 1.54) is 135 Å². The summed E-state index contributed by atoms with van der Waals surface area (Å²) in [5.41, 5.74) is 0. The van der Waals surface area contributed by atoms with Gasteiger partial charge in [0.25, 0.3) is 0 Å². The van der Waals surface area contributed by atoms with Gasteiger partial charge in [-0.25, -0.2) is 9.36 Å². The van der Waals surface area contributed by atoms with Crippen LogP contribution in [0.15, 0.2) is 48.6 Å². The van der Waals surface area contributed by atoms with E-state index in [1.807, 2.05) is 0 Å². The number of rotatable bonds is 50. The third-order valence-electron chi connectivity index (χ3n) is 11.6. The Kier molecular flexibility index (Phi) is 47.0. The predicted octanol–water partition coefficient (Wildman–Crippen LogP) is 14.9. The molecule has 11 nitrogen and oxygen atoms in total. The van der Waals surface area contributed by atoms with Gasteiger partial charge >= 0.3 is 19.8 Å². The van der Waals surface area contributed by atoms with Crippen LogP contribution in [0.5, 0.6) is 0 Å². The molecule has 0 rings (SSSR count). The van der Waals surface area contributed by atoms with E-state index in [9.17, 15) is 34.1 Å². The van der Waals surface area contributed by atoms with Crippen LogP contribution in [-0.4, -0.2) is 64.9 Å². The predicted molar refractivity (Wildman–Crippen MR) is 272 cm³/mol. The normalized spacial score (nSPS) is 13.9. The largest absolute Gasteiger partial charge is 0.480 e. The fourth-order valence-corrected chi connectivity index (χ4v) is 8.21. The number of hydrogen-bond acceptors (Lipinski definition) is 8. The average molecular weight is 952 g/mol. The fraction of sp³-hybridized carbons (Fsp3) is 0.796. The van der Waals surface area contributed by atoms with Crippen molar-refractivity contribution in [2.75, 3.05) is 19.8 Å². The highest BCUT2D eigenvalue weighted by molar-refractivity contribution is 7.47. The number of unbranched alkanes of at least 4 members (excludes halogenated alkanes) is 28. The number of phosphoric acid groups is 1. The van der Waals surface area contributed by atoms with Crippen LogP contribution in [-0.2, 0) is 32.7 Å². The minimum atomic E-state index is -4.77. The van der Waals surface area contributed by atoms with Crippen LogP contribution in [0.2, 0.25) is 0 Å². The summed E-state index contributed by atoms with van der Waals surface area (Å²) in [5, 5.41) is 21.9. The second kappa shape index (κ2) is 48.9. The second-order valence-electron chi connectivity index (χ2n) is 18.1. The third kappa shape index (κ3) is 47.9. The van der Waals surface area contributed by atoms with Crippen LogP contribution in [0, 0.1) is 0 Å². The van der Waals surface area contributed by atoms with Crippen molar-refractivity contribution in [3.05, 3.63) is 48.6 Å². The van der Waals surface area contributed by atoms with Gasteiger partial charge in [-0.1, -0.05) is 204 Å². The van der Waals surface area contributed by atoms with Gasteiger partial charge in [-0.05, 0) is 77.0 Å². The molecular weight excluding hydrogens is 854 g/mol. The molecule has 0 aromatic rings. The van der Waals surface area contributed by atoms with Gasteiger partial charge < -0.3 is 25.2 Å². The summed E-state index contributed by atoms with van der Waals surface area (Å²) in [7, 11) is -4.77. The molecule has 0 spiro atoms. The average Bonchev–Trinajstić information content (AvgIpc) is 3.29. The lowest BCUT2D eigenvalue weighted by Crippen LogP contribution is -2.43. The first kappa shape index (κ1) is 63.4. The molecule has 0 bridgehead atoms. The zero-order chi connectivity index (χ0) is 48.4. The van der Waals surface area contributed by atoms with Gasteiger partial charge in [-0.3, -0.25) is 18.6 Å². The molecule has 4 N–H and O–H groups in total. The molecule has 1 amide bonds. The maximum atomic E-state index is 12.4. The summed E-state index contributed by atoms with van der Waals surface area (Å²) >= 11 is 0. The van der Waals surface area contributed by atoms with Crippen LogP contribution in [0.4, 0.5) is 0 Å². The molecule has 0 saturated heterocycles. The number of aliphatic carboxylic acids is 1. The number of ether oxygens (including phenoxy) is 1. The van der Waals surface area contributed by atoms with Gasteiger partial charge in [0.1, 0.15) is 12.7 Å². The maximum absolute atomic E-state index is 12.4. The number of carboxylic acid groups (broad SMARTS) is 1. The van der Waals surface area contributed by atoms with E-state index < -0.39 is 57.6 Å². The first-order valence-corrected chi connectivity index (χ1v) is 28.2. The second-order valence-corrected chi connectivity index (χ2v) is 19.5. The Morgan fingerprint density at radius 1 is 0.485 bits per heavy atom. The Balaban J connectivity index is 3.82. The van der Waals surface area contributed by atoms with Gasteiger partial charge in [0.05, 0.1) is 13.2 Å². The summed E-state index contributed by atoms with van der Waals surface area (Å²) in [6, 6.07) is -1.55. The molecule has 12 heteroatoms. The molecule has 0 radical (unpaired) electrons. The Morgan fingerprint density at radius 3 is 1.29 bits per heavy atom. The molecule has 0 saturated carbocycles. The number of hydrogen-bond donors (Lipinski definition) is 4. The molecule has 0 fully saturated rings. The monoisotopic (exact) mass is 952 g/mol. The molecular formula is C54H98NO10P. The quantitative estimate of drug-likeness (QED) is 0.0199. The van der Waals surface area contributed by atoms with E-state index in [2.05, 4.69) is 67.8 Å². The van der Waals surface area contributed by atoms with Gasteiger partial charge in [0.2, 0.25) is 5.91 Å². The van der Waals surface area contributed by atoms with E-state index >= 15 is 0 Å². The molecule has 66 heavy (non-hydrogen) atoms. The summed E-state index contributed by atoms with van der Waals surface area (Å²) in [5.74, 6) is -2.38. The third-order valence-corrected chi connectivity index (χ3v) is 12.5. The Morgan fingerprint density at radius 2 is 0.833 bits per heavy atom. The number of phosphoric ester groups is 1. The van der Waals surface area contributed by atoms with Gasteiger partial charge in [-0.2, -0.15) is 0 Å². The number of amides is 1. The van der Waals surface area contributed by atoms with Gasteiger partial charge in [0.15, 0.2) is 6.04 Å². The Hall–Kier alpha value is -2.56. The van der Waals surface area contributed by atoms with Crippen molar-refractivity contribution in [3.8, 4) is 0 Å². The van der Waals surface area contributed by atoms with Gasteiger partial charge in [-0.15, -0.1) is 0 Å². The zero-order valence-electron chi connectivity index (χ0n) is 42.0. The molecule has 0 aliphatic rings. The number of carbonyl (C=O) groups is 3. The molecule has 0 aliphatic carbocycles. The highest BCUT2D eigenvalue weighted by Gasteiger charge is 2.28. The highest BCUT2D eigenvalue weighted by atomic mass is 31.2. The Labute approximate surface area is 403 Å². The number of carboxylic acids is 1. The molecule has 0 heterocycles. The zero-order valence-corrected chi connectivity index (χ0v) is 42.9. The van der Waals surface area contributed by atoms with Crippen molar-refractivity contribution in [2.45, 2.75) is 257 Å². The number of aliphatic hydroxyl groups excluding tert-OH is 1. The summed E-state index contributed by atoms with van der Waals surface area (Å²) in [6.07, 6.45) is 57.0. The van der Waals surface area contributed by atoms with Crippen LogP contribution < -0.4 is 5.32 Å². The van der Waals surface area contributed by atoms with Crippen LogP contribution in [0.25, 0.3) is 0 Å². The van der Waals surface area contributed by atoms with E-state index in [0.717, 1.165) is 70.6 Å². The van der Waals surface area contributed by atoms with Crippen molar-refractivity contribution in [3.63, 3.8) is 0 Å². The number of carbonyl (C=O) groups excluding carboxylic acids is 2. The lowest BCUT2D eigenvalue weighted by Gasteiger charge is -2.18. The molecule has 0 aromatic carbocycles. The van der Waals surface area contributed by atoms with Gasteiger partial charge in [0, 0.05) is 12.8 Å². The topological polar surface area (TPSA) is 169 Å². The summed E-state index contributed by atoms with van der Waals surface area (Å²) in [6.45, 7) is 2.58. The minimum absolute atomic E-state index is 0.145. The van der Waals surface area contributed by atoms with Crippen LogP contribution >= 0.6 is 7.82 Å². The molecule has 0 aliphatic heterocycles. The van der Waals surface area contributed by atoms with Crippen molar-refractivity contribution >= 4 is 25.7 Å². The number of aliphatic hydroxyl groups is 1. The first-order valence-electron chi connectivity index (χ1n) is 26.7. The first-order chi connectivity index (χ1) is 32.1. The number of esters is 1. The van der Waals surface area contributed by atoms with E-state index in [4.69, 9.17) is 13.8 Å². The number of allylic oxidation sites excluding steroid dienone is 8. The van der Waals surface area contributed by atoms with Crippen molar-refractivity contribution in [1.29, 1.82) is 0 Å². The van der Waals surface area contributed by atoms with Crippen LogP contribution in [0.3, 0.4) is 0 Å². The lowest BCUT2D eigenvalue weighted by atomic mass is 10.0. The SMILES string of the molecule is CCCCC/C=C\C/C=C\C/C=C\CCCCCCCCC(=O)OCC(O)COP(=O)(O)OCC(NC(=O)CCCCCCCCCCCCCCC/C=C/CCCCCCCC)C(=O)O. The lowest BCUT2D eigenvalue weighted by molar-refractivity contribution is -0.147. The molecule has 384 valence electrons. The standard InChI is InChI=1S/C54H98NO10P/c1-3-5-7-9-11-13-15-17-19-21-23-24-25-26-28-29-31-33-35-37-39-41-43-45-52(57)55-51(54(59)60)49-65-66(61,62)64-48-50(56)47-63-53(58)46-44-42-40-38-36-34-32-30-27-22-20-18-16-14-12-10-8-6-4-2/h12,14,17-20,27,30,50-51,56H,3-11,13,15-16,21-26,28-29,31-49H2,1-2H3,(H,55,57)(H,59,60)(H,61,62)/b14-12-,19-17+,20-18-,30-27-. The minimum Gasteiger partial charge on any atom is -0.480 e. The van der Waals surface area contributed by atoms with Crippen molar-refractivity contribution < 1.29 is 47.8 Å². The molecule has 0 aromatic heterocycles. The molecule has 3 atom stereocenters. The highest BCUT2D eigenvalue weighted by Crippen LogP contribution is 2.43. The van der Waals surface area contributed by atoms with E-state index in [0.29, 0.717) is 12.8 Å². The van der Waals surface area contributed by atoms with Crippen LogP contribution in [0.1, 0.15) is 245 Å². The fourth-order valence-electron chi connectivity index (χ4n) is 7.44.